The molecule has 5 heteroatoms. The molecule has 1 aliphatic rings. The summed E-state index contributed by atoms with van der Waals surface area (Å²) < 4.78 is 0. The molecule has 0 spiro atoms. The van der Waals surface area contributed by atoms with Gasteiger partial charge in [0.25, 0.3) is 0 Å². The zero-order valence-electron chi connectivity index (χ0n) is 12.9. The molecule has 1 atom stereocenters. The minimum Gasteiger partial charge on any atom is -0.370 e. The van der Waals surface area contributed by atoms with Gasteiger partial charge in [-0.2, -0.15) is 0 Å². The topological polar surface area (TPSA) is 53.1 Å². The van der Waals surface area contributed by atoms with Crippen LogP contribution in [0.4, 0.5) is 11.6 Å². The molecule has 0 aromatic carbocycles. The molecule has 0 bridgehead atoms. The van der Waals surface area contributed by atoms with Gasteiger partial charge in [-0.25, -0.2) is 9.97 Å². The Labute approximate surface area is 122 Å². The molecular formula is C15H27N5. The first kappa shape index (κ1) is 15.0. The van der Waals surface area contributed by atoms with Crippen LogP contribution in [0.5, 0.6) is 0 Å². The second-order valence-corrected chi connectivity index (χ2v) is 5.49. The van der Waals surface area contributed by atoms with Crippen LogP contribution in [0.25, 0.3) is 0 Å². The van der Waals surface area contributed by atoms with Crippen molar-refractivity contribution < 1.29 is 0 Å². The monoisotopic (exact) mass is 277 g/mol. The molecule has 1 saturated heterocycles. The summed E-state index contributed by atoms with van der Waals surface area (Å²) in [6, 6.07) is 0.405. The predicted molar refractivity (Wildman–Crippen MR) is 84.3 cm³/mol. The molecule has 0 aliphatic carbocycles. The van der Waals surface area contributed by atoms with E-state index in [1.807, 2.05) is 0 Å². The smallest absolute Gasteiger partial charge is 0.134 e. The fraction of sp³-hybridized carbons (Fsp3) is 0.733. The molecule has 112 valence electrons. The highest BCUT2D eigenvalue weighted by Gasteiger charge is 2.16. The van der Waals surface area contributed by atoms with E-state index in [2.05, 4.69) is 46.3 Å². The zero-order chi connectivity index (χ0) is 14.4. The Morgan fingerprint density at radius 2 is 1.90 bits per heavy atom. The predicted octanol–water partition coefficient (Wildman–Crippen LogP) is 2.37. The summed E-state index contributed by atoms with van der Waals surface area (Å²) >= 11 is 0. The fourth-order valence-electron chi connectivity index (χ4n) is 2.82. The van der Waals surface area contributed by atoms with Gasteiger partial charge >= 0.3 is 0 Å². The van der Waals surface area contributed by atoms with Crippen molar-refractivity contribution in [3.05, 3.63) is 11.9 Å². The lowest BCUT2D eigenvalue weighted by Crippen LogP contribution is -2.33. The minimum absolute atomic E-state index is 0.405. The Morgan fingerprint density at radius 3 is 2.55 bits per heavy atom. The first-order valence-electron chi connectivity index (χ1n) is 7.81. The molecule has 2 heterocycles. The summed E-state index contributed by atoms with van der Waals surface area (Å²) in [6.07, 6.45) is 5.25. The highest BCUT2D eigenvalue weighted by Crippen LogP contribution is 2.21. The number of hydrogen-bond acceptors (Lipinski definition) is 5. The van der Waals surface area contributed by atoms with Crippen molar-refractivity contribution in [1.29, 1.82) is 0 Å². The number of nitrogens with zero attached hydrogens (tertiary/aromatic N) is 3. The quantitative estimate of drug-likeness (QED) is 0.801. The first-order valence-corrected chi connectivity index (χ1v) is 7.81. The molecule has 2 N–H and O–H groups in total. The second-order valence-electron chi connectivity index (χ2n) is 5.49. The van der Waals surface area contributed by atoms with E-state index in [4.69, 9.17) is 0 Å². The van der Waals surface area contributed by atoms with Crippen LogP contribution in [0.15, 0.2) is 6.33 Å². The molecule has 0 saturated carbocycles. The van der Waals surface area contributed by atoms with Gasteiger partial charge in [-0.3, -0.25) is 0 Å². The summed E-state index contributed by atoms with van der Waals surface area (Å²) in [6.45, 7) is 10.9. The van der Waals surface area contributed by atoms with Crippen molar-refractivity contribution >= 4 is 11.6 Å². The summed E-state index contributed by atoms with van der Waals surface area (Å²) in [5.74, 6) is 1.94. The molecule has 0 amide bonds. The standard InChI is InChI=1S/C15H27N5/c1-4-13-14(16-5-2)17-11-18-15(13)19-12(3)10-20-8-6-7-9-20/h11-12H,4-10H2,1-3H3,(H2,16,17,18,19). The number of rotatable bonds is 7. The Morgan fingerprint density at radius 1 is 1.20 bits per heavy atom. The van der Waals surface area contributed by atoms with Crippen LogP contribution in [-0.4, -0.2) is 47.1 Å². The van der Waals surface area contributed by atoms with Gasteiger partial charge in [0, 0.05) is 24.7 Å². The van der Waals surface area contributed by atoms with Gasteiger partial charge in [0.05, 0.1) is 0 Å². The van der Waals surface area contributed by atoms with Gasteiger partial charge in [-0.15, -0.1) is 0 Å². The molecule has 1 aromatic heterocycles. The van der Waals surface area contributed by atoms with Crippen LogP contribution in [0.3, 0.4) is 0 Å². The molecule has 0 radical (unpaired) electrons. The van der Waals surface area contributed by atoms with E-state index in [1.54, 1.807) is 6.33 Å². The maximum absolute atomic E-state index is 4.43. The Hall–Kier alpha value is -1.36. The van der Waals surface area contributed by atoms with Crippen molar-refractivity contribution in [2.75, 3.05) is 36.8 Å². The molecular weight excluding hydrogens is 250 g/mol. The van der Waals surface area contributed by atoms with Gasteiger partial charge in [-0.05, 0) is 46.2 Å². The van der Waals surface area contributed by atoms with Crippen molar-refractivity contribution in [2.24, 2.45) is 0 Å². The maximum Gasteiger partial charge on any atom is 0.134 e. The van der Waals surface area contributed by atoms with Crippen LogP contribution in [-0.2, 0) is 6.42 Å². The fourth-order valence-corrected chi connectivity index (χ4v) is 2.82. The van der Waals surface area contributed by atoms with E-state index >= 15 is 0 Å². The van der Waals surface area contributed by atoms with E-state index in [9.17, 15) is 0 Å². The molecule has 1 aromatic rings. The molecule has 20 heavy (non-hydrogen) atoms. The van der Waals surface area contributed by atoms with Gasteiger partial charge in [0.2, 0.25) is 0 Å². The van der Waals surface area contributed by atoms with E-state index in [0.717, 1.165) is 31.1 Å². The normalized spacial score (nSPS) is 17.1. The molecule has 1 unspecified atom stereocenters. The third-order valence-electron chi connectivity index (χ3n) is 3.76. The maximum atomic E-state index is 4.43. The molecule has 1 aliphatic heterocycles. The van der Waals surface area contributed by atoms with Gasteiger partial charge < -0.3 is 15.5 Å². The Kier molecular flexibility index (Phi) is 5.59. The van der Waals surface area contributed by atoms with Gasteiger partial charge in [-0.1, -0.05) is 6.92 Å². The van der Waals surface area contributed by atoms with E-state index in [-0.39, 0.29) is 0 Å². The number of likely N-dealkylation sites (tertiary alicyclic amines) is 1. The lowest BCUT2D eigenvalue weighted by molar-refractivity contribution is 0.327. The van der Waals surface area contributed by atoms with Crippen molar-refractivity contribution in [2.45, 2.75) is 46.1 Å². The number of hydrogen-bond donors (Lipinski definition) is 2. The largest absolute Gasteiger partial charge is 0.370 e. The zero-order valence-corrected chi connectivity index (χ0v) is 12.9. The van der Waals surface area contributed by atoms with Crippen LogP contribution in [0, 0.1) is 0 Å². The molecule has 5 nitrogen and oxygen atoms in total. The van der Waals surface area contributed by atoms with Crippen molar-refractivity contribution in [3.8, 4) is 0 Å². The van der Waals surface area contributed by atoms with Crippen LogP contribution >= 0.6 is 0 Å². The highest BCUT2D eigenvalue weighted by atomic mass is 15.2. The van der Waals surface area contributed by atoms with Crippen LogP contribution in [0.1, 0.15) is 39.2 Å². The van der Waals surface area contributed by atoms with E-state index < -0.39 is 0 Å². The summed E-state index contributed by atoms with van der Waals surface area (Å²) in [7, 11) is 0. The molecule has 2 rings (SSSR count). The number of aromatic nitrogens is 2. The lowest BCUT2D eigenvalue weighted by Gasteiger charge is -2.23. The Balaban J connectivity index is 2.01. The van der Waals surface area contributed by atoms with Gasteiger partial charge in [0.15, 0.2) is 0 Å². The first-order chi connectivity index (χ1) is 9.74. The summed E-state index contributed by atoms with van der Waals surface area (Å²) in [5, 5.41) is 6.87. The lowest BCUT2D eigenvalue weighted by atomic mass is 10.2. The van der Waals surface area contributed by atoms with Crippen LogP contribution < -0.4 is 10.6 Å². The van der Waals surface area contributed by atoms with E-state index in [0.29, 0.717) is 6.04 Å². The van der Waals surface area contributed by atoms with E-state index in [1.165, 1.54) is 31.5 Å². The average Bonchev–Trinajstić information content (AvgIpc) is 2.92. The Bertz CT molecular complexity index is 415. The van der Waals surface area contributed by atoms with Crippen LogP contribution in [0.2, 0.25) is 0 Å². The third-order valence-corrected chi connectivity index (χ3v) is 3.76. The second kappa shape index (κ2) is 7.43. The average molecular weight is 277 g/mol. The SMILES string of the molecule is CCNc1ncnc(NC(C)CN2CCCC2)c1CC. The number of anilines is 2. The minimum atomic E-state index is 0.405. The summed E-state index contributed by atoms with van der Waals surface area (Å²) in [4.78, 5) is 11.3. The highest BCUT2D eigenvalue weighted by molar-refractivity contribution is 5.57. The molecule has 1 fully saturated rings. The third kappa shape index (κ3) is 3.82. The van der Waals surface area contributed by atoms with Crippen molar-refractivity contribution in [3.63, 3.8) is 0 Å². The van der Waals surface area contributed by atoms with Crippen molar-refractivity contribution in [1.82, 2.24) is 14.9 Å². The summed E-state index contributed by atoms with van der Waals surface area (Å²) in [5.41, 5.74) is 1.18. The van der Waals surface area contributed by atoms with Gasteiger partial charge in [0.1, 0.15) is 18.0 Å². The number of nitrogens with one attached hydrogen (secondary N) is 2.